The van der Waals surface area contributed by atoms with E-state index in [2.05, 4.69) is 38.0 Å². The van der Waals surface area contributed by atoms with Gasteiger partial charge in [-0.2, -0.15) is 0 Å². The highest BCUT2D eigenvalue weighted by Gasteiger charge is 2.26. The molecule has 0 amide bonds. The van der Waals surface area contributed by atoms with Crippen LogP contribution in [0.5, 0.6) is 0 Å². The second-order valence-electron chi connectivity index (χ2n) is 5.63. The fraction of sp³-hybridized carbons (Fsp3) is 1.00. The van der Waals surface area contributed by atoms with Gasteiger partial charge in [0.2, 0.25) is 0 Å². The lowest BCUT2D eigenvalue weighted by Crippen LogP contribution is -2.22. The van der Waals surface area contributed by atoms with Crippen molar-refractivity contribution in [2.24, 2.45) is 11.8 Å². The minimum atomic E-state index is 1.01. The molecule has 2 heteroatoms. The van der Waals surface area contributed by atoms with Crippen LogP contribution in [0.3, 0.4) is 0 Å². The molecule has 1 saturated carbocycles. The molecule has 2 atom stereocenters. The van der Waals surface area contributed by atoms with E-state index in [0.29, 0.717) is 0 Å². The maximum Gasteiger partial charge on any atom is -0.00221 e. The highest BCUT2D eigenvalue weighted by atomic mass is 15.1. The molecule has 0 heterocycles. The summed E-state index contributed by atoms with van der Waals surface area (Å²) in [6, 6.07) is 0. The first kappa shape index (κ1) is 13.0. The van der Waals surface area contributed by atoms with E-state index in [1.165, 1.54) is 45.2 Å². The van der Waals surface area contributed by atoms with E-state index < -0.39 is 0 Å². The smallest absolute Gasteiger partial charge is 0.00221 e. The van der Waals surface area contributed by atoms with Crippen molar-refractivity contribution in [1.29, 1.82) is 0 Å². The van der Waals surface area contributed by atoms with Crippen molar-refractivity contribution < 1.29 is 0 Å². The minimum absolute atomic E-state index is 1.01. The third kappa shape index (κ3) is 4.98. The Balaban J connectivity index is 2.23. The van der Waals surface area contributed by atoms with Crippen LogP contribution in [0.1, 0.15) is 32.1 Å². The number of nitrogens with zero attached hydrogens (tertiary/aromatic N) is 2. The highest BCUT2D eigenvalue weighted by Crippen LogP contribution is 2.36. The lowest BCUT2D eigenvalue weighted by Gasteiger charge is -2.22. The van der Waals surface area contributed by atoms with Crippen molar-refractivity contribution in [3.8, 4) is 0 Å². The highest BCUT2D eigenvalue weighted by molar-refractivity contribution is 4.78. The van der Waals surface area contributed by atoms with Gasteiger partial charge in [0, 0.05) is 0 Å². The van der Waals surface area contributed by atoms with E-state index in [9.17, 15) is 0 Å². The van der Waals surface area contributed by atoms with Crippen LogP contribution >= 0.6 is 0 Å². The Morgan fingerprint density at radius 1 is 0.800 bits per heavy atom. The summed E-state index contributed by atoms with van der Waals surface area (Å²) in [4.78, 5) is 4.64. The summed E-state index contributed by atoms with van der Waals surface area (Å²) in [5.41, 5.74) is 0. The van der Waals surface area contributed by atoms with Crippen LogP contribution in [0.2, 0.25) is 0 Å². The fourth-order valence-electron chi connectivity index (χ4n) is 2.72. The molecule has 1 fully saturated rings. The molecule has 0 spiro atoms. The van der Waals surface area contributed by atoms with Crippen molar-refractivity contribution in [2.75, 3.05) is 41.3 Å². The van der Waals surface area contributed by atoms with Gasteiger partial charge in [-0.3, -0.25) is 0 Å². The third-order valence-electron chi connectivity index (χ3n) is 3.71. The lowest BCUT2D eigenvalue weighted by molar-refractivity contribution is 0.268. The second-order valence-corrected chi connectivity index (χ2v) is 5.63. The molecule has 2 nitrogen and oxygen atoms in total. The summed E-state index contributed by atoms with van der Waals surface area (Å²) in [7, 11) is 8.74. The SMILES string of the molecule is CN(C)CC[C@H]1CCC[C@H]1CCN(C)C. The Kier molecular flexibility index (Phi) is 5.62. The molecule has 0 bridgehead atoms. The van der Waals surface area contributed by atoms with Gasteiger partial charge in [0.25, 0.3) is 0 Å². The monoisotopic (exact) mass is 212 g/mol. The molecule has 0 radical (unpaired) electrons. The summed E-state index contributed by atoms with van der Waals surface area (Å²) in [6.45, 7) is 2.53. The first-order valence-electron chi connectivity index (χ1n) is 6.39. The maximum atomic E-state index is 2.32. The number of hydrogen-bond acceptors (Lipinski definition) is 2. The topological polar surface area (TPSA) is 6.48 Å². The predicted octanol–water partition coefficient (Wildman–Crippen LogP) is 2.31. The zero-order chi connectivity index (χ0) is 11.3. The standard InChI is InChI=1S/C13H28N2/c1-14(2)10-8-12-6-5-7-13(12)9-11-15(3)4/h12-13H,5-11H2,1-4H3/t12-,13+. The summed E-state index contributed by atoms with van der Waals surface area (Å²) >= 11 is 0. The molecule has 1 aliphatic carbocycles. The van der Waals surface area contributed by atoms with Crippen molar-refractivity contribution in [2.45, 2.75) is 32.1 Å². The van der Waals surface area contributed by atoms with E-state index >= 15 is 0 Å². The average molecular weight is 212 g/mol. The molecule has 0 unspecified atom stereocenters. The van der Waals surface area contributed by atoms with E-state index in [0.717, 1.165) is 11.8 Å². The molecular weight excluding hydrogens is 184 g/mol. The number of rotatable bonds is 6. The first-order valence-corrected chi connectivity index (χ1v) is 6.39. The van der Waals surface area contributed by atoms with Crippen LogP contribution in [-0.4, -0.2) is 51.1 Å². The van der Waals surface area contributed by atoms with Crippen molar-refractivity contribution in [3.05, 3.63) is 0 Å². The summed E-state index contributed by atoms with van der Waals surface area (Å²) in [5.74, 6) is 2.01. The molecule has 0 aliphatic heterocycles. The molecule has 90 valence electrons. The fourth-order valence-corrected chi connectivity index (χ4v) is 2.72. The van der Waals surface area contributed by atoms with Gasteiger partial charge in [0.05, 0.1) is 0 Å². The molecule has 0 N–H and O–H groups in total. The van der Waals surface area contributed by atoms with Gasteiger partial charge in [0.15, 0.2) is 0 Å². The Morgan fingerprint density at radius 2 is 1.20 bits per heavy atom. The Labute approximate surface area is 95.6 Å². The van der Waals surface area contributed by atoms with Crippen molar-refractivity contribution in [3.63, 3.8) is 0 Å². The van der Waals surface area contributed by atoms with Gasteiger partial charge in [-0.15, -0.1) is 0 Å². The quantitative estimate of drug-likeness (QED) is 0.666. The van der Waals surface area contributed by atoms with Crippen LogP contribution in [0, 0.1) is 11.8 Å². The average Bonchev–Trinajstić information content (AvgIpc) is 2.58. The van der Waals surface area contributed by atoms with Gasteiger partial charge in [-0.05, 0) is 66.0 Å². The molecule has 0 saturated heterocycles. The predicted molar refractivity (Wildman–Crippen MR) is 67.2 cm³/mol. The molecule has 1 rings (SSSR count). The third-order valence-corrected chi connectivity index (χ3v) is 3.71. The normalized spacial score (nSPS) is 26.8. The largest absolute Gasteiger partial charge is 0.309 e. The Hall–Kier alpha value is -0.0800. The molecule has 15 heavy (non-hydrogen) atoms. The van der Waals surface area contributed by atoms with Gasteiger partial charge in [0.1, 0.15) is 0 Å². The van der Waals surface area contributed by atoms with E-state index in [-0.39, 0.29) is 0 Å². The Morgan fingerprint density at radius 3 is 1.53 bits per heavy atom. The van der Waals surface area contributed by atoms with Crippen LogP contribution in [-0.2, 0) is 0 Å². The van der Waals surface area contributed by atoms with E-state index in [1.807, 2.05) is 0 Å². The first-order chi connectivity index (χ1) is 7.09. The van der Waals surface area contributed by atoms with E-state index in [1.54, 1.807) is 0 Å². The summed E-state index contributed by atoms with van der Waals surface area (Å²) in [5, 5.41) is 0. The van der Waals surface area contributed by atoms with Crippen LogP contribution in [0.25, 0.3) is 0 Å². The van der Waals surface area contributed by atoms with Crippen LogP contribution in [0.15, 0.2) is 0 Å². The molecule has 0 aromatic rings. The molecule has 1 aliphatic rings. The van der Waals surface area contributed by atoms with Gasteiger partial charge < -0.3 is 9.80 Å². The second kappa shape index (κ2) is 6.49. The van der Waals surface area contributed by atoms with Crippen molar-refractivity contribution >= 4 is 0 Å². The lowest BCUT2D eigenvalue weighted by atomic mass is 9.90. The van der Waals surface area contributed by atoms with Gasteiger partial charge in [-0.25, -0.2) is 0 Å². The Bertz CT molecular complexity index is 148. The molecule has 0 aromatic heterocycles. The summed E-state index contributed by atoms with van der Waals surface area (Å²) in [6.07, 6.45) is 7.24. The minimum Gasteiger partial charge on any atom is -0.309 e. The van der Waals surface area contributed by atoms with E-state index in [4.69, 9.17) is 0 Å². The molecular formula is C13H28N2. The zero-order valence-electron chi connectivity index (χ0n) is 11.0. The zero-order valence-corrected chi connectivity index (χ0v) is 11.0. The molecule has 0 aromatic carbocycles. The van der Waals surface area contributed by atoms with Crippen LogP contribution in [0.4, 0.5) is 0 Å². The van der Waals surface area contributed by atoms with Crippen molar-refractivity contribution in [1.82, 2.24) is 9.80 Å². The maximum absolute atomic E-state index is 2.32. The van der Waals surface area contributed by atoms with Gasteiger partial charge in [-0.1, -0.05) is 19.3 Å². The summed E-state index contributed by atoms with van der Waals surface area (Å²) < 4.78 is 0. The number of hydrogen-bond donors (Lipinski definition) is 0. The van der Waals surface area contributed by atoms with Crippen LogP contribution < -0.4 is 0 Å². The van der Waals surface area contributed by atoms with Gasteiger partial charge >= 0.3 is 0 Å².